The van der Waals surface area contributed by atoms with E-state index in [0.717, 1.165) is 32.4 Å². The molecule has 3 unspecified atom stereocenters. The summed E-state index contributed by atoms with van der Waals surface area (Å²) in [5.41, 5.74) is -0.176. The van der Waals surface area contributed by atoms with Gasteiger partial charge in [0.25, 0.3) is 0 Å². The van der Waals surface area contributed by atoms with E-state index in [-0.39, 0.29) is 11.2 Å². The second-order valence-electron chi connectivity index (χ2n) is 10.1. The minimum atomic E-state index is -0.439. The lowest BCUT2D eigenvalue weighted by atomic mass is 9.67. The molecule has 5 nitrogen and oxygen atoms in total. The van der Waals surface area contributed by atoms with Crippen LogP contribution in [0.1, 0.15) is 56.8 Å². The van der Waals surface area contributed by atoms with Crippen LogP contribution in [0, 0.1) is 23.1 Å². The summed E-state index contributed by atoms with van der Waals surface area (Å²) in [4.78, 5) is 14.8. The number of carbonyl (C=O) groups excluding carboxylic acids is 1. The average molecular weight is 420 g/mol. The maximum atomic E-state index is 14.7. The van der Waals surface area contributed by atoms with Gasteiger partial charge in [0.1, 0.15) is 12.2 Å². The fraction of sp³-hybridized carbons (Fsp3) is 0.708. The van der Waals surface area contributed by atoms with E-state index in [4.69, 9.17) is 14.2 Å². The molecule has 1 aromatic carbocycles. The first-order chi connectivity index (χ1) is 14.3. The molecule has 1 aliphatic heterocycles. The number of halogens is 1. The van der Waals surface area contributed by atoms with Gasteiger partial charge in [0.05, 0.1) is 18.8 Å². The van der Waals surface area contributed by atoms with Gasteiger partial charge in [0.2, 0.25) is 0 Å². The van der Waals surface area contributed by atoms with Crippen LogP contribution in [-0.4, -0.2) is 55.9 Å². The molecule has 0 amide bonds. The molecule has 2 bridgehead atoms. The van der Waals surface area contributed by atoms with Crippen LogP contribution in [0.3, 0.4) is 0 Å². The highest BCUT2D eigenvalue weighted by atomic mass is 19.1. The van der Waals surface area contributed by atoms with Gasteiger partial charge < -0.3 is 14.2 Å². The molecule has 0 aromatic heterocycles. The van der Waals surface area contributed by atoms with Crippen molar-refractivity contribution in [2.24, 2.45) is 17.3 Å². The zero-order valence-electron chi connectivity index (χ0n) is 18.4. The van der Waals surface area contributed by atoms with Crippen molar-refractivity contribution in [3.8, 4) is 5.75 Å². The Morgan fingerprint density at radius 1 is 1.27 bits per heavy atom. The van der Waals surface area contributed by atoms with Crippen molar-refractivity contribution in [3.63, 3.8) is 0 Å². The number of esters is 1. The van der Waals surface area contributed by atoms with Crippen LogP contribution in [0.15, 0.2) is 18.2 Å². The largest absolute Gasteiger partial charge is 0.483 e. The normalized spacial score (nSPS) is 29.2. The van der Waals surface area contributed by atoms with Crippen molar-refractivity contribution in [3.05, 3.63) is 29.6 Å². The Bertz CT molecular complexity index is 771. The first-order valence-corrected chi connectivity index (χ1v) is 11.2. The van der Waals surface area contributed by atoms with E-state index in [0.29, 0.717) is 43.8 Å². The number of ether oxygens (including phenoxy) is 3. The first kappa shape index (κ1) is 21.6. The summed E-state index contributed by atoms with van der Waals surface area (Å²) < 4.78 is 31.9. The number of rotatable bonds is 6. The predicted octanol–water partition coefficient (Wildman–Crippen LogP) is 4.30. The Hall–Kier alpha value is -1.66. The summed E-state index contributed by atoms with van der Waals surface area (Å²) >= 11 is 0. The molecule has 6 heteroatoms. The number of nitrogens with zero attached hydrogens (tertiary/aromatic N) is 1. The molecule has 30 heavy (non-hydrogen) atoms. The predicted molar refractivity (Wildman–Crippen MR) is 112 cm³/mol. The highest BCUT2D eigenvalue weighted by molar-refractivity contribution is 5.89. The third-order valence-electron chi connectivity index (χ3n) is 7.27. The van der Waals surface area contributed by atoms with Crippen molar-refractivity contribution >= 4 is 5.97 Å². The van der Waals surface area contributed by atoms with Gasteiger partial charge in [-0.3, -0.25) is 4.90 Å². The van der Waals surface area contributed by atoms with Gasteiger partial charge in [-0.1, -0.05) is 20.8 Å². The fourth-order valence-corrected chi connectivity index (χ4v) is 5.56. The molecule has 1 saturated heterocycles. The van der Waals surface area contributed by atoms with E-state index in [2.05, 4.69) is 25.7 Å². The van der Waals surface area contributed by atoms with Crippen LogP contribution in [0.25, 0.3) is 0 Å². The average Bonchev–Trinajstić information content (AvgIpc) is 3.32. The molecular formula is C24H34FNO4. The maximum Gasteiger partial charge on any atom is 0.338 e. The third-order valence-corrected chi connectivity index (χ3v) is 7.27. The highest BCUT2D eigenvalue weighted by Gasteiger charge is 2.59. The SMILES string of the molecule is CC(C)(C)C1(Oc2cc(C(=O)OCCN3CCOCC3)ccc2F)CC2CCC1C2. The van der Waals surface area contributed by atoms with Crippen molar-refractivity contribution < 1.29 is 23.4 Å². The van der Waals surface area contributed by atoms with E-state index in [1.807, 2.05) is 0 Å². The standard InChI is InChI=1S/C24H34FNO4/c1-23(2,3)24(16-17-4-6-19(24)14-17)30-21-15-18(5-7-20(21)25)22(27)29-13-10-26-8-11-28-12-9-26/h5,7,15,17,19H,4,6,8-14,16H2,1-3H3. The number of hydrogen-bond donors (Lipinski definition) is 0. The number of carbonyl (C=O) groups is 1. The molecule has 0 radical (unpaired) electrons. The van der Waals surface area contributed by atoms with Gasteiger partial charge in [-0.15, -0.1) is 0 Å². The Kier molecular flexibility index (Phi) is 6.08. The summed E-state index contributed by atoms with van der Waals surface area (Å²) in [6.07, 6.45) is 4.48. The quantitative estimate of drug-likeness (QED) is 0.644. The van der Waals surface area contributed by atoms with Gasteiger partial charge in [-0.2, -0.15) is 0 Å². The van der Waals surface area contributed by atoms with Gasteiger partial charge in [-0.25, -0.2) is 9.18 Å². The Labute approximate surface area is 178 Å². The molecule has 1 aromatic rings. The molecule has 3 fully saturated rings. The van der Waals surface area contributed by atoms with Crippen molar-refractivity contribution in [1.82, 2.24) is 4.90 Å². The molecule has 4 rings (SSSR count). The Morgan fingerprint density at radius 2 is 2.03 bits per heavy atom. The number of fused-ring (bicyclic) bond motifs is 2. The molecule has 0 spiro atoms. The number of hydrogen-bond acceptors (Lipinski definition) is 5. The number of morpholine rings is 1. The first-order valence-electron chi connectivity index (χ1n) is 11.2. The number of benzene rings is 1. The molecule has 2 aliphatic carbocycles. The lowest BCUT2D eigenvalue weighted by Crippen LogP contribution is -2.52. The van der Waals surface area contributed by atoms with Gasteiger partial charge in [-0.05, 0) is 55.7 Å². The monoisotopic (exact) mass is 419 g/mol. The fourth-order valence-electron chi connectivity index (χ4n) is 5.56. The molecule has 1 heterocycles. The van der Waals surface area contributed by atoms with Crippen LogP contribution in [0.4, 0.5) is 4.39 Å². The second kappa shape index (κ2) is 8.46. The smallest absolute Gasteiger partial charge is 0.338 e. The summed E-state index contributed by atoms with van der Waals surface area (Å²) in [6.45, 7) is 10.6. The van der Waals surface area contributed by atoms with E-state index in [1.165, 1.54) is 24.6 Å². The van der Waals surface area contributed by atoms with Gasteiger partial charge in [0, 0.05) is 25.0 Å². The summed E-state index contributed by atoms with van der Waals surface area (Å²) in [5.74, 6) is 0.397. The molecule has 2 saturated carbocycles. The summed E-state index contributed by atoms with van der Waals surface area (Å²) in [6, 6.07) is 4.31. The minimum Gasteiger partial charge on any atom is -0.483 e. The molecule has 0 N–H and O–H groups in total. The molecule has 3 aliphatic rings. The van der Waals surface area contributed by atoms with Crippen LogP contribution in [0.2, 0.25) is 0 Å². The lowest BCUT2D eigenvalue weighted by Gasteiger charge is -2.48. The van der Waals surface area contributed by atoms with Gasteiger partial charge in [0.15, 0.2) is 11.6 Å². The second-order valence-corrected chi connectivity index (χ2v) is 10.1. The van der Waals surface area contributed by atoms with Crippen LogP contribution >= 0.6 is 0 Å². The van der Waals surface area contributed by atoms with Crippen LogP contribution < -0.4 is 4.74 Å². The van der Waals surface area contributed by atoms with Crippen molar-refractivity contribution in [2.75, 3.05) is 39.5 Å². The Balaban J connectivity index is 1.44. The summed E-state index contributed by atoms with van der Waals surface area (Å²) in [5, 5.41) is 0. The molecule has 3 atom stereocenters. The lowest BCUT2D eigenvalue weighted by molar-refractivity contribution is -0.0785. The van der Waals surface area contributed by atoms with Gasteiger partial charge >= 0.3 is 5.97 Å². The van der Waals surface area contributed by atoms with Crippen LogP contribution in [0.5, 0.6) is 5.75 Å². The molecule has 166 valence electrons. The minimum absolute atomic E-state index is 0.117. The van der Waals surface area contributed by atoms with E-state index in [1.54, 1.807) is 0 Å². The maximum absolute atomic E-state index is 14.7. The highest BCUT2D eigenvalue weighted by Crippen LogP contribution is 2.59. The van der Waals surface area contributed by atoms with E-state index < -0.39 is 17.4 Å². The van der Waals surface area contributed by atoms with Crippen LogP contribution in [-0.2, 0) is 9.47 Å². The Morgan fingerprint density at radius 3 is 2.67 bits per heavy atom. The van der Waals surface area contributed by atoms with Crippen molar-refractivity contribution in [2.45, 2.75) is 52.1 Å². The topological polar surface area (TPSA) is 48.0 Å². The third kappa shape index (κ3) is 4.22. The summed E-state index contributed by atoms with van der Waals surface area (Å²) in [7, 11) is 0. The zero-order valence-corrected chi connectivity index (χ0v) is 18.4. The molecular weight excluding hydrogens is 385 g/mol. The van der Waals surface area contributed by atoms with Crippen molar-refractivity contribution in [1.29, 1.82) is 0 Å². The zero-order chi connectivity index (χ0) is 21.4. The van der Waals surface area contributed by atoms with E-state index in [9.17, 15) is 9.18 Å². The van der Waals surface area contributed by atoms with E-state index >= 15 is 0 Å².